The Labute approximate surface area is 220 Å². The van der Waals surface area contributed by atoms with Gasteiger partial charge in [0, 0.05) is 12.1 Å². The number of carbonyl (C=O) groups is 1. The molecule has 2 atom stereocenters. The lowest BCUT2D eigenvalue weighted by molar-refractivity contribution is -0.0353. The monoisotopic (exact) mass is 508 g/mol. The van der Waals surface area contributed by atoms with E-state index < -0.39 is 6.09 Å². The summed E-state index contributed by atoms with van der Waals surface area (Å²) in [4.78, 5) is 16.9. The van der Waals surface area contributed by atoms with Crippen LogP contribution in [0.25, 0.3) is 11.1 Å². The van der Waals surface area contributed by atoms with E-state index in [0.29, 0.717) is 11.5 Å². The zero-order valence-corrected chi connectivity index (χ0v) is 23.1. The summed E-state index contributed by atoms with van der Waals surface area (Å²) in [7, 11) is 0. The molecule has 0 spiro atoms. The number of fused-ring (bicyclic) bond motifs is 4. The number of amides is 1. The Morgan fingerprint density at radius 2 is 1.78 bits per heavy atom. The summed E-state index contributed by atoms with van der Waals surface area (Å²) >= 11 is 0. The van der Waals surface area contributed by atoms with E-state index >= 15 is 4.39 Å². The van der Waals surface area contributed by atoms with Crippen molar-refractivity contribution >= 4 is 6.09 Å². The van der Waals surface area contributed by atoms with Gasteiger partial charge in [0.25, 0.3) is 0 Å². The molecular weight excluding hydrogens is 467 g/mol. The summed E-state index contributed by atoms with van der Waals surface area (Å²) in [6.07, 6.45) is 2.93. The fourth-order valence-electron chi connectivity index (χ4n) is 7.09. The van der Waals surface area contributed by atoms with Gasteiger partial charge >= 0.3 is 6.09 Å². The number of rotatable bonds is 5. The molecule has 2 bridgehead atoms. The zero-order valence-electron chi connectivity index (χ0n) is 23.1. The third-order valence-electron chi connectivity index (χ3n) is 8.91. The third kappa shape index (κ3) is 4.73. The molecule has 1 N–H and O–H groups in total. The highest BCUT2D eigenvalue weighted by Gasteiger charge is 2.48. The number of piperidine rings is 3. The highest BCUT2D eigenvalue weighted by molar-refractivity contribution is 5.71. The van der Waals surface area contributed by atoms with Gasteiger partial charge < -0.3 is 14.7 Å². The van der Waals surface area contributed by atoms with Crippen LogP contribution in [0.4, 0.5) is 9.18 Å². The number of aryl methyl sites for hydroxylation is 3. The van der Waals surface area contributed by atoms with Crippen LogP contribution in [-0.2, 0) is 6.42 Å². The van der Waals surface area contributed by atoms with Gasteiger partial charge in [0.15, 0.2) is 0 Å². The quantitative estimate of drug-likeness (QED) is 0.473. The standard InChI is InChI=1S/C31H41FN2O3/c1-18(2)37-28-19(3)13-23(14-20(28)4)24-15-22-7-10-31(5,6)29(25(22)16-26(24)32)34(30(35)36)27-17-33-11-8-21(27)9-12-33/h13-16,18,21,27,29H,7-12,17H2,1-6H3,(H,35,36)/t27-,29+/m1/s1. The smallest absolute Gasteiger partial charge is 0.408 e. The van der Waals surface area contributed by atoms with Crippen LogP contribution in [0.3, 0.4) is 0 Å². The second-order valence-electron chi connectivity index (χ2n) is 12.4. The first-order valence-corrected chi connectivity index (χ1v) is 13.8. The summed E-state index contributed by atoms with van der Waals surface area (Å²) < 4.78 is 21.9. The van der Waals surface area contributed by atoms with Gasteiger partial charge in [0.1, 0.15) is 11.6 Å². The van der Waals surface area contributed by atoms with Crippen molar-refractivity contribution in [3.05, 3.63) is 52.3 Å². The molecule has 0 unspecified atom stereocenters. The Bertz CT molecular complexity index is 1180. The number of nitrogens with zero attached hydrogens (tertiary/aromatic N) is 2. The van der Waals surface area contributed by atoms with Crippen molar-refractivity contribution in [3.8, 4) is 16.9 Å². The van der Waals surface area contributed by atoms with Crippen LogP contribution >= 0.6 is 0 Å². The minimum absolute atomic E-state index is 0.0447. The van der Waals surface area contributed by atoms with Crippen molar-refractivity contribution in [2.75, 3.05) is 19.6 Å². The van der Waals surface area contributed by atoms with Gasteiger partial charge in [-0.2, -0.15) is 0 Å². The first-order valence-electron chi connectivity index (χ1n) is 13.8. The highest BCUT2D eigenvalue weighted by Crippen LogP contribution is 2.50. The van der Waals surface area contributed by atoms with Crippen molar-refractivity contribution in [2.45, 2.75) is 85.4 Å². The first kappa shape index (κ1) is 26.0. The molecule has 0 radical (unpaired) electrons. The van der Waals surface area contributed by atoms with Crippen LogP contribution in [0.15, 0.2) is 24.3 Å². The topological polar surface area (TPSA) is 53.0 Å². The van der Waals surface area contributed by atoms with E-state index in [0.717, 1.165) is 78.9 Å². The molecule has 1 aliphatic carbocycles. The maximum atomic E-state index is 15.9. The lowest BCUT2D eigenvalue weighted by Gasteiger charge is -2.54. The Balaban J connectivity index is 1.57. The number of carboxylic acid groups (broad SMARTS) is 1. The van der Waals surface area contributed by atoms with Crippen LogP contribution in [-0.4, -0.2) is 52.8 Å². The van der Waals surface area contributed by atoms with Crippen molar-refractivity contribution < 1.29 is 19.0 Å². The molecular formula is C31H41FN2O3. The molecule has 5 nitrogen and oxygen atoms in total. The molecule has 0 saturated carbocycles. The average Bonchev–Trinajstić information content (AvgIpc) is 2.83. The van der Waals surface area contributed by atoms with E-state index in [1.807, 2.05) is 45.9 Å². The van der Waals surface area contributed by atoms with E-state index in [1.54, 1.807) is 11.0 Å². The maximum absolute atomic E-state index is 15.9. The molecule has 6 rings (SSSR count). The third-order valence-corrected chi connectivity index (χ3v) is 8.91. The lowest BCUT2D eigenvalue weighted by Crippen LogP contribution is -2.61. The summed E-state index contributed by atoms with van der Waals surface area (Å²) in [6.45, 7) is 15.2. The second kappa shape index (κ2) is 9.61. The largest absolute Gasteiger partial charge is 0.490 e. The molecule has 37 heavy (non-hydrogen) atoms. The zero-order chi connectivity index (χ0) is 26.6. The minimum atomic E-state index is -0.888. The molecule has 2 aromatic rings. The molecule has 1 amide bonds. The Hall–Kier alpha value is -2.60. The number of benzene rings is 2. The normalized spacial score (nSPS) is 26.2. The molecule has 3 heterocycles. The molecule has 0 aromatic heterocycles. The molecule has 2 aromatic carbocycles. The Morgan fingerprint density at radius 3 is 2.32 bits per heavy atom. The Kier molecular flexibility index (Phi) is 6.76. The number of halogens is 1. The fraction of sp³-hybridized carbons (Fsp3) is 0.581. The predicted octanol–water partition coefficient (Wildman–Crippen LogP) is 6.98. The van der Waals surface area contributed by atoms with Gasteiger partial charge in [-0.25, -0.2) is 9.18 Å². The van der Waals surface area contributed by atoms with Crippen LogP contribution in [0, 0.1) is 31.0 Å². The van der Waals surface area contributed by atoms with Gasteiger partial charge in [-0.05, 0) is 130 Å². The van der Waals surface area contributed by atoms with Crippen LogP contribution in [0.1, 0.15) is 75.3 Å². The Morgan fingerprint density at radius 1 is 1.14 bits per heavy atom. The van der Waals surface area contributed by atoms with E-state index in [2.05, 4.69) is 18.7 Å². The molecule has 3 fully saturated rings. The summed E-state index contributed by atoms with van der Waals surface area (Å²) in [6, 6.07) is 7.19. The van der Waals surface area contributed by atoms with Gasteiger partial charge in [-0.1, -0.05) is 13.8 Å². The van der Waals surface area contributed by atoms with Crippen molar-refractivity contribution in [1.82, 2.24) is 9.80 Å². The van der Waals surface area contributed by atoms with E-state index in [-0.39, 0.29) is 29.4 Å². The highest BCUT2D eigenvalue weighted by atomic mass is 19.1. The molecule has 3 aliphatic heterocycles. The lowest BCUT2D eigenvalue weighted by atomic mass is 9.68. The van der Waals surface area contributed by atoms with Crippen LogP contribution < -0.4 is 4.74 Å². The molecule has 200 valence electrons. The molecule has 4 aliphatic rings. The van der Waals surface area contributed by atoms with Gasteiger partial charge in [-0.3, -0.25) is 4.90 Å². The summed E-state index contributed by atoms with van der Waals surface area (Å²) in [5, 5.41) is 10.5. The minimum Gasteiger partial charge on any atom is -0.490 e. The molecule has 3 saturated heterocycles. The van der Waals surface area contributed by atoms with Crippen molar-refractivity contribution in [3.63, 3.8) is 0 Å². The second-order valence-corrected chi connectivity index (χ2v) is 12.4. The van der Waals surface area contributed by atoms with Crippen LogP contribution in [0.2, 0.25) is 0 Å². The van der Waals surface area contributed by atoms with E-state index in [4.69, 9.17) is 4.74 Å². The first-order chi connectivity index (χ1) is 17.5. The SMILES string of the molecule is Cc1cc(-c2cc3c(cc2F)[C@H](N(C(=O)O)[C@@H]2CN4CCC2CC4)C(C)(C)CC3)cc(C)c1OC(C)C. The summed E-state index contributed by atoms with van der Waals surface area (Å²) in [5.74, 6) is 0.939. The van der Waals surface area contributed by atoms with Crippen molar-refractivity contribution in [2.24, 2.45) is 11.3 Å². The maximum Gasteiger partial charge on any atom is 0.408 e. The number of ether oxygens (including phenoxy) is 1. The van der Waals surface area contributed by atoms with Gasteiger partial charge in [0.2, 0.25) is 0 Å². The van der Waals surface area contributed by atoms with E-state index in [1.165, 1.54) is 0 Å². The molecule has 6 heteroatoms. The average molecular weight is 509 g/mol. The summed E-state index contributed by atoms with van der Waals surface area (Å²) in [5.41, 5.74) is 4.99. The van der Waals surface area contributed by atoms with Crippen LogP contribution in [0.5, 0.6) is 5.75 Å². The number of hydrogen-bond acceptors (Lipinski definition) is 3. The van der Waals surface area contributed by atoms with Gasteiger partial charge in [0.05, 0.1) is 18.2 Å². The predicted molar refractivity (Wildman–Crippen MR) is 145 cm³/mol. The van der Waals surface area contributed by atoms with E-state index in [9.17, 15) is 9.90 Å². The van der Waals surface area contributed by atoms with Gasteiger partial charge in [-0.15, -0.1) is 0 Å². The van der Waals surface area contributed by atoms with Crippen molar-refractivity contribution in [1.29, 1.82) is 0 Å². The number of hydrogen-bond donors (Lipinski definition) is 1. The fourth-order valence-corrected chi connectivity index (χ4v) is 7.09.